The molecular formula is C43H60F6N10O4. The number of alkyl carbamates (subject to hydrolysis) is 2. The molecule has 14 nitrogen and oxygen atoms in total. The molecule has 0 spiro atoms. The molecule has 5 rings (SSSR count). The minimum absolute atomic E-state index is 0.314. The molecule has 2 saturated heterocycles. The van der Waals surface area contributed by atoms with Crippen molar-refractivity contribution in [2.75, 3.05) is 93.2 Å². The third-order valence-electron chi connectivity index (χ3n) is 10.1. The zero-order chi connectivity index (χ0) is 46.0. The van der Waals surface area contributed by atoms with Crippen LogP contribution in [0.1, 0.15) is 76.6 Å². The second-order valence-corrected chi connectivity index (χ2v) is 17.7. The van der Waals surface area contributed by atoms with Crippen molar-refractivity contribution in [2.24, 2.45) is 0 Å². The monoisotopic (exact) mass is 894 g/mol. The number of hydrogen-bond donors (Lipinski definition) is 2. The molecule has 0 unspecified atom stereocenters. The Kier molecular flexibility index (Phi) is 16.3. The lowest BCUT2D eigenvalue weighted by atomic mass is 10.1. The van der Waals surface area contributed by atoms with Crippen LogP contribution in [0.4, 0.5) is 53.8 Å². The summed E-state index contributed by atoms with van der Waals surface area (Å²) in [6, 6.07) is 10.4. The molecule has 0 atom stereocenters. The zero-order valence-electron chi connectivity index (χ0n) is 36.9. The average molecular weight is 895 g/mol. The number of nitrogens with zero attached hydrogens (tertiary/aromatic N) is 8. The van der Waals surface area contributed by atoms with Gasteiger partial charge in [0.25, 0.3) is 0 Å². The smallest absolute Gasteiger partial charge is 0.416 e. The fourth-order valence-corrected chi connectivity index (χ4v) is 6.96. The molecule has 2 amide bonds. The van der Waals surface area contributed by atoms with Crippen LogP contribution < -0.4 is 25.3 Å². The van der Waals surface area contributed by atoms with E-state index in [4.69, 9.17) is 24.4 Å². The van der Waals surface area contributed by atoms with E-state index in [0.29, 0.717) is 122 Å². The Balaban J connectivity index is 1.33. The molecule has 1 aromatic heterocycles. The van der Waals surface area contributed by atoms with Gasteiger partial charge in [0, 0.05) is 91.6 Å². The largest absolute Gasteiger partial charge is 0.444 e. The number of ether oxygens (including phenoxy) is 2. The minimum atomic E-state index is -4.40. The highest BCUT2D eigenvalue weighted by molar-refractivity contribution is 5.68. The van der Waals surface area contributed by atoms with Crippen molar-refractivity contribution in [3.05, 3.63) is 70.8 Å². The number of halogens is 6. The number of nitrogens with one attached hydrogen (secondary N) is 2. The third kappa shape index (κ3) is 16.2. The SMILES string of the molecule is CC(C)(C)OC(=O)NCCCN(CCCNC(=O)OC(C)(C)C)c1nc(N2CCN(Cc3ccc(C(F)(F)F)cc3)CC2)nc(N2CCN(Cc3ccc(C(F)(F)F)cc3)CC2)n1. The van der Waals surface area contributed by atoms with E-state index in [2.05, 4.69) is 30.2 Å². The van der Waals surface area contributed by atoms with Crippen LogP contribution in [0.5, 0.6) is 0 Å². The molecule has 2 aliphatic rings. The maximum absolute atomic E-state index is 13.1. The Morgan fingerprint density at radius 1 is 0.571 bits per heavy atom. The first-order chi connectivity index (χ1) is 29.5. The van der Waals surface area contributed by atoms with Crippen molar-refractivity contribution < 1.29 is 45.4 Å². The number of alkyl halides is 6. The van der Waals surface area contributed by atoms with Crippen LogP contribution in [0.2, 0.25) is 0 Å². The van der Waals surface area contributed by atoms with Crippen LogP contribution in [0, 0.1) is 0 Å². The van der Waals surface area contributed by atoms with Gasteiger partial charge in [-0.15, -0.1) is 0 Å². The first kappa shape index (κ1) is 48.9. The van der Waals surface area contributed by atoms with E-state index in [0.717, 1.165) is 35.4 Å². The summed E-state index contributed by atoms with van der Waals surface area (Å²) in [5.74, 6) is 1.32. The molecule has 0 saturated carbocycles. The van der Waals surface area contributed by atoms with Crippen LogP contribution in [-0.4, -0.2) is 127 Å². The Labute approximate surface area is 365 Å². The van der Waals surface area contributed by atoms with Crippen LogP contribution in [0.15, 0.2) is 48.5 Å². The molecule has 3 aromatic rings. The number of carbonyl (C=O) groups excluding carboxylic acids is 2. The predicted octanol–water partition coefficient (Wildman–Crippen LogP) is 7.19. The van der Waals surface area contributed by atoms with Crippen molar-refractivity contribution in [3.8, 4) is 0 Å². The van der Waals surface area contributed by atoms with Crippen molar-refractivity contribution in [1.82, 2.24) is 35.4 Å². The number of rotatable bonds is 15. The van der Waals surface area contributed by atoms with E-state index in [1.165, 1.54) is 24.3 Å². The van der Waals surface area contributed by atoms with E-state index < -0.39 is 46.9 Å². The predicted molar refractivity (Wildman–Crippen MR) is 228 cm³/mol. The van der Waals surface area contributed by atoms with Crippen molar-refractivity contribution >= 4 is 30.0 Å². The maximum Gasteiger partial charge on any atom is 0.416 e. The van der Waals surface area contributed by atoms with Gasteiger partial charge >= 0.3 is 24.5 Å². The number of piperazine rings is 2. The van der Waals surface area contributed by atoms with Crippen molar-refractivity contribution in [1.29, 1.82) is 0 Å². The van der Waals surface area contributed by atoms with E-state index in [1.54, 1.807) is 41.5 Å². The summed E-state index contributed by atoms with van der Waals surface area (Å²) in [6.45, 7) is 17.8. The second-order valence-electron chi connectivity index (χ2n) is 17.7. The summed E-state index contributed by atoms with van der Waals surface area (Å²) >= 11 is 0. The summed E-state index contributed by atoms with van der Waals surface area (Å²) in [5, 5.41) is 5.59. The normalized spacial score (nSPS) is 15.9. The van der Waals surface area contributed by atoms with Gasteiger partial charge in [0.2, 0.25) is 17.8 Å². The minimum Gasteiger partial charge on any atom is -0.444 e. The molecule has 20 heteroatoms. The Bertz CT molecular complexity index is 1790. The van der Waals surface area contributed by atoms with Crippen molar-refractivity contribution in [2.45, 2.75) is 91.0 Å². The molecule has 3 heterocycles. The molecule has 0 radical (unpaired) electrons. The van der Waals surface area contributed by atoms with Gasteiger partial charge in [-0.25, -0.2) is 9.59 Å². The third-order valence-corrected chi connectivity index (χ3v) is 10.1. The van der Waals surface area contributed by atoms with Crippen LogP contribution >= 0.6 is 0 Å². The van der Waals surface area contributed by atoms with Gasteiger partial charge in [-0.3, -0.25) is 9.80 Å². The molecular weight excluding hydrogens is 835 g/mol. The second kappa shape index (κ2) is 21.0. The van der Waals surface area contributed by atoms with Crippen LogP contribution in [-0.2, 0) is 34.9 Å². The summed E-state index contributed by atoms with van der Waals surface area (Å²) in [4.78, 5) is 50.2. The Hall–Kier alpha value is -5.11. The van der Waals surface area contributed by atoms with Crippen molar-refractivity contribution in [3.63, 3.8) is 0 Å². The highest BCUT2D eigenvalue weighted by atomic mass is 19.4. The van der Waals surface area contributed by atoms with Crippen LogP contribution in [0.3, 0.4) is 0 Å². The molecule has 348 valence electrons. The van der Waals surface area contributed by atoms with E-state index >= 15 is 0 Å². The Morgan fingerprint density at radius 3 is 1.24 bits per heavy atom. The molecule has 0 aliphatic carbocycles. The number of hydrogen-bond acceptors (Lipinski definition) is 12. The summed E-state index contributed by atoms with van der Waals surface area (Å²) in [5.41, 5.74) is -1.14. The van der Waals surface area contributed by atoms with E-state index in [-0.39, 0.29) is 0 Å². The van der Waals surface area contributed by atoms with Gasteiger partial charge in [-0.1, -0.05) is 24.3 Å². The van der Waals surface area contributed by atoms with Gasteiger partial charge in [-0.2, -0.15) is 41.3 Å². The highest BCUT2D eigenvalue weighted by Gasteiger charge is 2.32. The quantitative estimate of drug-likeness (QED) is 0.118. The van der Waals surface area contributed by atoms with Gasteiger partial charge in [0.1, 0.15) is 11.2 Å². The number of benzene rings is 2. The molecule has 63 heavy (non-hydrogen) atoms. The van der Waals surface area contributed by atoms with E-state index in [1.807, 2.05) is 4.90 Å². The molecule has 2 fully saturated rings. The Morgan fingerprint density at radius 2 is 0.921 bits per heavy atom. The first-order valence-electron chi connectivity index (χ1n) is 21.2. The number of carbonyl (C=O) groups is 2. The fourth-order valence-electron chi connectivity index (χ4n) is 6.96. The van der Waals surface area contributed by atoms with Gasteiger partial charge in [0.05, 0.1) is 11.1 Å². The molecule has 2 N–H and O–H groups in total. The molecule has 0 bridgehead atoms. The highest BCUT2D eigenvalue weighted by Crippen LogP contribution is 2.31. The lowest BCUT2D eigenvalue weighted by Gasteiger charge is -2.37. The number of anilines is 3. The lowest BCUT2D eigenvalue weighted by Crippen LogP contribution is -2.48. The topological polar surface area (TPSA) is 132 Å². The average Bonchev–Trinajstić information content (AvgIpc) is 3.19. The first-order valence-corrected chi connectivity index (χ1v) is 21.2. The number of aromatic nitrogens is 3. The van der Waals surface area contributed by atoms with Gasteiger partial charge in [0.15, 0.2) is 0 Å². The van der Waals surface area contributed by atoms with Crippen LogP contribution in [0.25, 0.3) is 0 Å². The fraction of sp³-hybridized carbons (Fsp3) is 0.605. The standard InChI is InChI=1S/C43H60F6N10O4/c1-40(2,3)62-38(60)50-17-7-19-57(20-8-18-51-39(61)63-41(4,5)6)35-52-36(58-25-21-55(22-26-58)29-31-9-13-33(14-10-31)42(44,45)46)54-37(53-35)59-27-23-56(24-28-59)30-32-11-15-34(16-12-32)43(47,48)49/h9-16H,7-8,17-30H2,1-6H3,(H,50,60)(H,51,61). The summed E-state index contributed by atoms with van der Waals surface area (Å²) < 4.78 is 89.7. The van der Waals surface area contributed by atoms with Gasteiger partial charge in [-0.05, 0) is 89.8 Å². The number of amides is 2. The molecule has 2 aliphatic heterocycles. The summed E-state index contributed by atoms with van der Waals surface area (Å²) in [7, 11) is 0. The molecule has 2 aromatic carbocycles. The maximum atomic E-state index is 13.1. The zero-order valence-corrected chi connectivity index (χ0v) is 36.9. The van der Waals surface area contributed by atoms with Gasteiger partial charge < -0.3 is 34.8 Å². The summed E-state index contributed by atoms with van der Waals surface area (Å²) in [6.07, 6.45) is -8.84. The lowest BCUT2D eigenvalue weighted by molar-refractivity contribution is -0.138. The van der Waals surface area contributed by atoms with E-state index in [9.17, 15) is 35.9 Å².